The van der Waals surface area contributed by atoms with Crippen molar-refractivity contribution in [3.63, 3.8) is 0 Å². The molecule has 1 N–H and O–H groups in total. The summed E-state index contributed by atoms with van der Waals surface area (Å²) in [7, 11) is 0. The van der Waals surface area contributed by atoms with E-state index in [1.54, 1.807) is 0 Å². The summed E-state index contributed by atoms with van der Waals surface area (Å²) in [5.41, 5.74) is -3.41. The van der Waals surface area contributed by atoms with Crippen molar-refractivity contribution >= 4 is 27.4 Å². The highest BCUT2D eigenvalue weighted by atomic mass is 19.4. The van der Waals surface area contributed by atoms with Crippen molar-refractivity contribution in [1.29, 1.82) is 0 Å². The van der Waals surface area contributed by atoms with Gasteiger partial charge in [-0.05, 0) is 18.2 Å². The predicted molar refractivity (Wildman–Crippen MR) is 97.1 cm³/mol. The number of fused-ring (bicyclic) bond motifs is 2. The average molecular weight is 402 g/mol. The molecule has 29 heavy (non-hydrogen) atoms. The van der Waals surface area contributed by atoms with Gasteiger partial charge in [0.25, 0.3) is 11.2 Å². The number of nitro benzene ring substituents is 1. The van der Waals surface area contributed by atoms with E-state index in [2.05, 4.69) is 9.97 Å². The first-order valence-electron chi connectivity index (χ1n) is 8.06. The molecule has 0 saturated heterocycles. The molecule has 2 aromatic heterocycles. The molecule has 0 spiro atoms. The lowest BCUT2D eigenvalue weighted by Gasteiger charge is -2.11. The highest BCUT2D eigenvalue weighted by Crippen LogP contribution is 2.31. The summed E-state index contributed by atoms with van der Waals surface area (Å²) in [6.45, 7) is 0. The van der Waals surface area contributed by atoms with Gasteiger partial charge in [-0.1, -0.05) is 12.1 Å². The third-order valence-electron chi connectivity index (χ3n) is 4.42. The lowest BCUT2D eigenvalue weighted by atomic mass is 10.1. The molecule has 0 unspecified atom stereocenters. The highest BCUT2D eigenvalue weighted by Gasteiger charge is 2.31. The number of pyridine rings is 1. The van der Waals surface area contributed by atoms with Gasteiger partial charge >= 0.3 is 11.9 Å². The van der Waals surface area contributed by atoms with Crippen LogP contribution in [0.1, 0.15) is 5.56 Å². The van der Waals surface area contributed by atoms with E-state index in [0.29, 0.717) is 10.6 Å². The molecule has 11 heteroatoms. The molecule has 0 fully saturated rings. The molecule has 0 radical (unpaired) electrons. The number of benzene rings is 2. The van der Waals surface area contributed by atoms with Crippen molar-refractivity contribution in [2.24, 2.45) is 0 Å². The zero-order valence-electron chi connectivity index (χ0n) is 14.2. The number of hydrogen-bond acceptors (Lipinski definition) is 5. The summed E-state index contributed by atoms with van der Waals surface area (Å²) >= 11 is 0. The maximum Gasteiger partial charge on any atom is 0.416 e. The van der Waals surface area contributed by atoms with Crippen molar-refractivity contribution in [3.05, 3.63) is 85.3 Å². The number of H-pyrrole nitrogens is 1. The molecule has 0 bridgehead atoms. The maximum absolute atomic E-state index is 13.0. The minimum absolute atomic E-state index is 0.0663. The quantitative estimate of drug-likeness (QED) is 0.409. The first-order chi connectivity index (χ1) is 13.7. The Morgan fingerprint density at radius 3 is 2.48 bits per heavy atom. The van der Waals surface area contributed by atoms with Crippen molar-refractivity contribution in [3.8, 4) is 5.69 Å². The Balaban J connectivity index is 2.10. The van der Waals surface area contributed by atoms with E-state index < -0.39 is 27.9 Å². The van der Waals surface area contributed by atoms with Gasteiger partial charge in [-0.25, -0.2) is 9.36 Å². The Bertz CT molecular complexity index is 1420. The number of nitrogens with zero attached hydrogens (tertiary/aromatic N) is 3. The van der Waals surface area contributed by atoms with Gasteiger partial charge in [0, 0.05) is 17.6 Å². The second kappa shape index (κ2) is 6.26. The third-order valence-corrected chi connectivity index (χ3v) is 4.42. The molecule has 2 aromatic carbocycles. The third kappa shape index (κ3) is 2.92. The average Bonchev–Trinajstić information content (AvgIpc) is 2.66. The molecule has 0 saturated carbocycles. The second-order valence-electron chi connectivity index (χ2n) is 6.12. The molecule has 4 aromatic rings. The van der Waals surface area contributed by atoms with E-state index in [4.69, 9.17) is 0 Å². The van der Waals surface area contributed by atoms with Crippen LogP contribution in [0, 0.1) is 10.1 Å². The van der Waals surface area contributed by atoms with Gasteiger partial charge in [0.1, 0.15) is 0 Å². The molecule has 4 rings (SSSR count). The van der Waals surface area contributed by atoms with Crippen molar-refractivity contribution in [2.45, 2.75) is 6.18 Å². The molecule has 2 heterocycles. The Labute approximate surface area is 158 Å². The largest absolute Gasteiger partial charge is 0.416 e. The van der Waals surface area contributed by atoms with Gasteiger partial charge < -0.3 is 4.98 Å². The van der Waals surface area contributed by atoms with Gasteiger partial charge in [-0.3, -0.25) is 19.9 Å². The minimum Gasteiger partial charge on any atom is -0.306 e. The van der Waals surface area contributed by atoms with E-state index in [1.165, 1.54) is 24.4 Å². The van der Waals surface area contributed by atoms with Gasteiger partial charge in [-0.15, -0.1) is 0 Å². The first-order valence-corrected chi connectivity index (χ1v) is 8.06. The first kappa shape index (κ1) is 18.3. The van der Waals surface area contributed by atoms with E-state index >= 15 is 0 Å². The fourth-order valence-corrected chi connectivity index (χ4v) is 3.11. The molecule has 146 valence electrons. The smallest absolute Gasteiger partial charge is 0.306 e. The molecular formula is C18H9F3N4O4. The number of nitro groups is 1. The molecular weight excluding hydrogens is 393 g/mol. The summed E-state index contributed by atoms with van der Waals surface area (Å²) in [4.78, 5) is 42.2. The molecule has 0 amide bonds. The van der Waals surface area contributed by atoms with Crippen LogP contribution in [0.25, 0.3) is 27.4 Å². The number of rotatable bonds is 2. The standard InChI is InChI=1S/C18H9F3N4O4/c19-18(20,21)9-4-5-13-11(6-9)16(26)24(17(27)23-13)15-8-22-7-12-10(15)2-1-3-14(12)25(28)29/h1-8H,(H,23,27). The maximum atomic E-state index is 13.0. The Morgan fingerprint density at radius 1 is 1.03 bits per heavy atom. The summed E-state index contributed by atoms with van der Waals surface area (Å²) < 4.78 is 39.7. The molecule has 0 aliphatic carbocycles. The van der Waals surface area contributed by atoms with Gasteiger partial charge in [0.2, 0.25) is 0 Å². The number of halogens is 3. The summed E-state index contributed by atoms with van der Waals surface area (Å²) in [6, 6.07) is 6.44. The monoisotopic (exact) mass is 402 g/mol. The predicted octanol–water partition coefficient (Wildman–Crippen LogP) is 3.15. The number of alkyl halides is 3. The van der Waals surface area contributed by atoms with Gasteiger partial charge in [0.05, 0.1) is 38.7 Å². The molecule has 8 nitrogen and oxygen atoms in total. The van der Waals surface area contributed by atoms with Crippen LogP contribution in [-0.4, -0.2) is 19.5 Å². The topological polar surface area (TPSA) is 111 Å². The van der Waals surface area contributed by atoms with E-state index in [1.807, 2.05) is 0 Å². The van der Waals surface area contributed by atoms with Crippen LogP contribution in [-0.2, 0) is 6.18 Å². The summed E-state index contributed by atoms with van der Waals surface area (Å²) in [5.74, 6) is 0. The summed E-state index contributed by atoms with van der Waals surface area (Å²) in [6.07, 6.45) is -2.33. The van der Waals surface area contributed by atoms with Crippen molar-refractivity contribution in [2.75, 3.05) is 0 Å². The highest BCUT2D eigenvalue weighted by molar-refractivity contribution is 5.95. The zero-order valence-corrected chi connectivity index (χ0v) is 14.2. The lowest BCUT2D eigenvalue weighted by molar-refractivity contribution is -0.383. The number of nitrogens with one attached hydrogen (secondary N) is 1. The number of hydrogen-bond donors (Lipinski definition) is 1. The van der Waals surface area contributed by atoms with E-state index in [-0.39, 0.29) is 33.1 Å². The number of aromatic nitrogens is 3. The van der Waals surface area contributed by atoms with Crippen LogP contribution in [0.2, 0.25) is 0 Å². The van der Waals surface area contributed by atoms with Gasteiger partial charge in [-0.2, -0.15) is 13.2 Å². The van der Waals surface area contributed by atoms with Crippen molar-refractivity contribution < 1.29 is 18.1 Å². The normalized spacial score (nSPS) is 11.8. The second-order valence-corrected chi connectivity index (χ2v) is 6.12. The van der Waals surface area contributed by atoms with Crippen molar-refractivity contribution in [1.82, 2.24) is 14.5 Å². The van der Waals surface area contributed by atoms with E-state index in [0.717, 1.165) is 18.3 Å². The van der Waals surface area contributed by atoms with Crippen LogP contribution >= 0.6 is 0 Å². The van der Waals surface area contributed by atoms with Crippen LogP contribution in [0.5, 0.6) is 0 Å². The lowest BCUT2D eigenvalue weighted by Crippen LogP contribution is -2.34. The minimum atomic E-state index is -4.68. The fourth-order valence-electron chi connectivity index (χ4n) is 3.11. The van der Waals surface area contributed by atoms with Crippen LogP contribution in [0.15, 0.2) is 58.4 Å². The Kier molecular flexibility index (Phi) is 3.96. The Morgan fingerprint density at radius 2 is 1.79 bits per heavy atom. The molecule has 0 atom stereocenters. The molecule has 0 aliphatic rings. The van der Waals surface area contributed by atoms with Crippen LogP contribution < -0.4 is 11.2 Å². The SMILES string of the molecule is O=c1[nH]c2ccc(C(F)(F)F)cc2c(=O)n1-c1cncc2c([N+](=O)[O-])cccc12. The zero-order chi connectivity index (χ0) is 20.9. The molecule has 0 aliphatic heterocycles. The Hall–Kier alpha value is -4.02. The number of non-ortho nitro benzene ring substituents is 1. The van der Waals surface area contributed by atoms with Gasteiger partial charge in [0.15, 0.2) is 0 Å². The number of aromatic amines is 1. The fraction of sp³-hybridized carbons (Fsp3) is 0.0556. The van der Waals surface area contributed by atoms with E-state index in [9.17, 15) is 32.9 Å². The summed E-state index contributed by atoms with van der Waals surface area (Å²) in [5, 5.41) is 11.1. The van der Waals surface area contributed by atoms with Crippen LogP contribution in [0.3, 0.4) is 0 Å². The van der Waals surface area contributed by atoms with Crippen LogP contribution in [0.4, 0.5) is 18.9 Å².